The molecule has 0 saturated carbocycles. The number of hydrogen-bond acceptors (Lipinski definition) is 4. The number of carbonyl (C=O) groups excluding carboxylic acids is 1. The molecule has 6 nitrogen and oxygen atoms in total. The molecule has 0 bridgehead atoms. The molecule has 0 aliphatic carbocycles. The number of nitrogens with zero attached hydrogens (tertiary/aromatic N) is 1. The molecule has 0 fully saturated rings. The average molecular weight is 386 g/mol. The fourth-order valence-electron chi connectivity index (χ4n) is 2.68. The van der Waals surface area contributed by atoms with Crippen molar-refractivity contribution in [2.45, 2.75) is 32.5 Å². The standard InChI is InChI=1S/C18H21F3N2O4/c1-4-5-6-22-16(24)13-9-23(10-18(19,20)21)17(25)12-8-15(27-3)14(26-2)7-11(12)13/h7-9H,4-6,10H2,1-3H3,(H,22,24). The normalized spacial score (nSPS) is 11.5. The van der Waals surface area contributed by atoms with Crippen LogP contribution in [0.1, 0.15) is 30.1 Å². The second kappa shape index (κ2) is 8.32. The minimum atomic E-state index is -4.61. The molecule has 27 heavy (non-hydrogen) atoms. The molecule has 2 aromatic rings. The second-order valence-corrected chi connectivity index (χ2v) is 5.95. The molecule has 0 unspecified atom stereocenters. The van der Waals surface area contributed by atoms with Crippen molar-refractivity contribution in [3.05, 3.63) is 34.2 Å². The lowest BCUT2D eigenvalue weighted by Crippen LogP contribution is -2.31. The zero-order chi connectivity index (χ0) is 20.2. The maximum atomic E-state index is 12.9. The van der Waals surface area contributed by atoms with Crippen LogP contribution in [0.15, 0.2) is 23.1 Å². The Morgan fingerprint density at radius 1 is 1.15 bits per heavy atom. The predicted octanol–water partition coefficient (Wildman–Crippen LogP) is 3.11. The molecule has 2 rings (SSSR count). The van der Waals surface area contributed by atoms with E-state index in [-0.39, 0.29) is 27.8 Å². The van der Waals surface area contributed by atoms with E-state index in [1.165, 1.54) is 26.4 Å². The third-order valence-corrected chi connectivity index (χ3v) is 4.00. The van der Waals surface area contributed by atoms with Gasteiger partial charge in [-0.05, 0) is 18.6 Å². The van der Waals surface area contributed by atoms with Gasteiger partial charge in [-0.1, -0.05) is 13.3 Å². The van der Waals surface area contributed by atoms with E-state index in [2.05, 4.69) is 5.32 Å². The summed E-state index contributed by atoms with van der Waals surface area (Å²) in [6, 6.07) is 2.70. The lowest BCUT2D eigenvalue weighted by molar-refractivity contribution is -0.141. The van der Waals surface area contributed by atoms with E-state index in [4.69, 9.17) is 9.47 Å². The fourth-order valence-corrected chi connectivity index (χ4v) is 2.68. The van der Waals surface area contributed by atoms with E-state index in [9.17, 15) is 22.8 Å². The van der Waals surface area contributed by atoms with E-state index in [1.54, 1.807) is 0 Å². The number of unbranched alkanes of at least 4 members (excludes halogenated alkanes) is 1. The number of ether oxygens (including phenoxy) is 2. The summed E-state index contributed by atoms with van der Waals surface area (Å²) < 4.78 is 49.4. The van der Waals surface area contributed by atoms with E-state index >= 15 is 0 Å². The number of methoxy groups -OCH3 is 2. The first kappa shape index (κ1) is 20.6. The highest BCUT2D eigenvalue weighted by Gasteiger charge is 2.30. The quantitative estimate of drug-likeness (QED) is 0.743. The van der Waals surface area contributed by atoms with Crippen molar-refractivity contribution in [3.8, 4) is 11.5 Å². The van der Waals surface area contributed by atoms with E-state index < -0.39 is 24.2 Å². The highest BCUT2D eigenvalue weighted by Crippen LogP contribution is 2.32. The van der Waals surface area contributed by atoms with Crippen molar-refractivity contribution in [2.24, 2.45) is 0 Å². The predicted molar refractivity (Wildman–Crippen MR) is 94.6 cm³/mol. The molecule has 9 heteroatoms. The van der Waals surface area contributed by atoms with E-state index in [1.807, 2.05) is 6.92 Å². The Hall–Kier alpha value is -2.71. The maximum absolute atomic E-state index is 12.9. The van der Waals surface area contributed by atoms with Gasteiger partial charge in [-0.3, -0.25) is 9.59 Å². The smallest absolute Gasteiger partial charge is 0.406 e. The summed E-state index contributed by atoms with van der Waals surface area (Å²) in [5, 5.41) is 2.80. The van der Waals surface area contributed by atoms with Gasteiger partial charge in [-0.2, -0.15) is 13.2 Å². The molecule has 0 spiro atoms. The Labute approximate surface area is 153 Å². The first-order chi connectivity index (χ1) is 12.7. The zero-order valence-corrected chi connectivity index (χ0v) is 15.3. The highest BCUT2D eigenvalue weighted by atomic mass is 19.4. The lowest BCUT2D eigenvalue weighted by Gasteiger charge is -2.16. The number of nitrogens with one attached hydrogen (secondary N) is 1. The van der Waals surface area contributed by atoms with Crippen LogP contribution >= 0.6 is 0 Å². The van der Waals surface area contributed by atoms with Crippen LogP contribution in [0, 0.1) is 0 Å². The molecule has 0 aliphatic heterocycles. The van der Waals surface area contributed by atoms with E-state index in [0.29, 0.717) is 11.1 Å². The Morgan fingerprint density at radius 3 is 2.26 bits per heavy atom. The van der Waals surface area contributed by atoms with Gasteiger partial charge < -0.3 is 19.4 Å². The first-order valence-corrected chi connectivity index (χ1v) is 8.36. The second-order valence-electron chi connectivity index (χ2n) is 5.95. The average Bonchev–Trinajstić information content (AvgIpc) is 2.62. The number of pyridine rings is 1. The van der Waals surface area contributed by atoms with Crippen LogP contribution in [0.2, 0.25) is 0 Å². The zero-order valence-electron chi connectivity index (χ0n) is 15.3. The summed E-state index contributed by atoms with van der Waals surface area (Å²) >= 11 is 0. The number of alkyl halides is 3. The monoisotopic (exact) mass is 386 g/mol. The van der Waals surface area contributed by atoms with Gasteiger partial charge in [-0.15, -0.1) is 0 Å². The highest BCUT2D eigenvalue weighted by molar-refractivity contribution is 6.07. The Morgan fingerprint density at radius 2 is 1.74 bits per heavy atom. The molecule has 1 N–H and O–H groups in total. The van der Waals surface area contributed by atoms with Gasteiger partial charge >= 0.3 is 6.18 Å². The van der Waals surface area contributed by atoms with Crippen LogP contribution < -0.4 is 20.3 Å². The number of fused-ring (bicyclic) bond motifs is 1. The molecular formula is C18H21F3N2O4. The molecule has 0 radical (unpaired) electrons. The van der Waals surface area contributed by atoms with Crippen LogP contribution in [0.4, 0.5) is 13.2 Å². The molecule has 0 atom stereocenters. The maximum Gasteiger partial charge on any atom is 0.406 e. The summed E-state index contributed by atoms with van der Waals surface area (Å²) in [7, 11) is 2.73. The van der Waals surface area contributed by atoms with Gasteiger partial charge in [0.15, 0.2) is 11.5 Å². The van der Waals surface area contributed by atoms with Crippen LogP contribution in [-0.2, 0) is 6.54 Å². The summed E-state index contributed by atoms with van der Waals surface area (Å²) in [6.45, 7) is 0.829. The fraction of sp³-hybridized carbons (Fsp3) is 0.444. The van der Waals surface area contributed by atoms with Crippen molar-refractivity contribution >= 4 is 16.7 Å². The topological polar surface area (TPSA) is 69.6 Å². The Balaban J connectivity index is 2.70. The molecule has 0 aliphatic rings. The van der Waals surface area contributed by atoms with Crippen LogP contribution in [0.5, 0.6) is 11.5 Å². The number of carbonyl (C=O) groups is 1. The third-order valence-electron chi connectivity index (χ3n) is 4.00. The Kier molecular flexibility index (Phi) is 6.35. The molecule has 1 aromatic carbocycles. The first-order valence-electron chi connectivity index (χ1n) is 8.36. The van der Waals surface area contributed by atoms with Crippen molar-refractivity contribution in [1.82, 2.24) is 9.88 Å². The van der Waals surface area contributed by atoms with Crippen LogP contribution in [-0.4, -0.2) is 37.4 Å². The van der Waals surface area contributed by atoms with Gasteiger partial charge in [0.1, 0.15) is 6.54 Å². The minimum absolute atomic E-state index is 0.0362. The molecule has 1 heterocycles. The number of benzene rings is 1. The van der Waals surface area contributed by atoms with Crippen molar-refractivity contribution < 1.29 is 27.4 Å². The third kappa shape index (κ3) is 4.72. The molecule has 0 saturated heterocycles. The lowest BCUT2D eigenvalue weighted by atomic mass is 10.1. The number of halogens is 3. The number of aromatic nitrogens is 1. The van der Waals surface area contributed by atoms with Gasteiger partial charge in [-0.25, -0.2) is 0 Å². The molecule has 1 aromatic heterocycles. The summed E-state index contributed by atoms with van der Waals surface area (Å²) in [5.41, 5.74) is -0.903. The molecule has 148 valence electrons. The van der Waals surface area contributed by atoms with E-state index in [0.717, 1.165) is 19.0 Å². The van der Waals surface area contributed by atoms with Crippen LogP contribution in [0.3, 0.4) is 0 Å². The SMILES string of the molecule is CCCCNC(=O)c1cn(CC(F)(F)F)c(=O)c2cc(OC)c(OC)cc12. The number of amides is 1. The summed E-state index contributed by atoms with van der Waals surface area (Å²) in [5.74, 6) is -0.110. The minimum Gasteiger partial charge on any atom is -0.493 e. The largest absolute Gasteiger partial charge is 0.493 e. The number of rotatable bonds is 7. The summed E-state index contributed by atoms with van der Waals surface area (Å²) in [4.78, 5) is 25.1. The Bertz CT molecular complexity index is 891. The van der Waals surface area contributed by atoms with Gasteiger partial charge in [0.25, 0.3) is 11.5 Å². The van der Waals surface area contributed by atoms with Crippen molar-refractivity contribution in [1.29, 1.82) is 0 Å². The van der Waals surface area contributed by atoms with Gasteiger partial charge in [0.2, 0.25) is 0 Å². The van der Waals surface area contributed by atoms with Crippen molar-refractivity contribution in [2.75, 3.05) is 20.8 Å². The number of hydrogen-bond donors (Lipinski definition) is 1. The van der Waals surface area contributed by atoms with Crippen molar-refractivity contribution in [3.63, 3.8) is 0 Å². The van der Waals surface area contributed by atoms with Gasteiger partial charge in [0, 0.05) is 18.1 Å². The summed E-state index contributed by atoms with van der Waals surface area (Å²) in [6.07, 6.45) is -2.10. The molecule has 1 amide bonds. The van der Waals surface area contributed by atoms with Gasteiger partial charge in [0.05, 0.1) is 25.2 Å². The van der Waals surface area contributed by atoms with Crippen LogP contribution in [0.25, 0.3) is 10.8 Å². The molecular weight excluding hydrogens is 365 g/mol.